The van der Waals surface area contributed by atoms with Crippen molar-refractivity contribution in [3.05, 3.63) is 27.1 Å². The van der Waals surface area contributed by atoms with E-state index in [1.807, 2.05) is 6.92 Å². The van der Waals surface area contributed by atoms with E-state index in [9.17, 15) is 9.59 Å². The summed E-state index contributed by atoms with van der Waals surface area (Å²) in [6.45, 7) is 4.18. The second-order valence-electron chi connectivity index (χ2n) is 3.96. The molecule has 2 aromatic rings. The molecule has 0 atom stereocenters. The van der Waals surface area contributed by atoms with E-state index in [0.29, 0.717) is 27.3 Å². The molecule has 0 radical (unpaired) electrons. The average Bonchev–Trinajstić information content (AvgIpc) is 2.68. The molecule has 2 aromatic heterocycles. The first-order chi connectivity index (χ1) is 8.65. The lowest BCUT2D eigenvalue weighted by Gasteiger charge is -2.02. The highest BCUT2D eigenvalue weighted by atomic mass is 32.1. The molecule has 0 aliphatic rings. The number of fused-ring (bicyclic) bond motifs is 1. The van der Waals surface area contributed by atoms with Crippen LogP contribution < -0.4 is 5.56 Å². The number of hydrogen-bond acceptors (Lipinski definition) is 5. The highest BCUT2D eigenvalue weighted by Crippen LogP contribution is 2.27. The van der Waals surface area contributed by atoms with Crippen LogP contribution in [-0.4, -0.2) is 22.5 Å². The average molecular weight is 266 g/mol. The number of H-pyrrole nitrogens is 1. The Balaban J connectivity index is 2.34. The van der Waals surface area contributed by atoms with E-state index in [1.54, 1.807) is 6.92 Å². The molecule has 0 fully saturated rings. The highest BCUT2D eigenvalue weighted by Gasteiger charge is 2.19. The molecule has 0 aliphatic heterocycles. The molecule has 1 N–H and O–H groups in total. The zero-order valence-electron chi connectivity index (χ0n) is 10.3. The van der Waals surface area contributed by atoms with Crippen LogP contribution in [0.15, 0.2) is 11.1 Å². The van der Waals surface area contributed by atoms with E-state index in [4.69, 9.17) is 4.74 Å². The van der Waals surface area contributed by atoms with Crippen LogP contribution in [0.25, 0.3) is 10.2 Å². The Hall–Kier alpha value is -1.69. The number of unbranched alkanes of at least 4 members (excludes halogenated alkanes) is 1. The molecule has 0 unspecified atom stereocenters. The molecule has 5 nitrogen and oxygen atoms in total. The van der Waals surface area contributed by atoms with Crippen molar-refractivity contribution in [3.63, 3.8) is 0 Å². The van der Waals surface area contributed by atoms with E-state index in [0.717, 1.165) is 12.8 Å². The first-order valence-corrected chi connectivity index (χ1v) is 6.60. The van der Waals surface area contributed by atoms with E-state index < -0.39 is 0 Å². The fourth-order valence-corrected chi connectivity index (χ4v) is 2.69. The number of nitrogens with zero attached hydrogens (tertiary/aromatic N) is 1. The van der Waals surface area contributed by atoms with Crippen LogP contribution in [0, 0.1) is 6.92 Å². The molecule has 0 saturated carbocycles. The van der Waals surface area contributed by atoms with Crippen molar-refractivity contribution in [2.75, 3.05) is 6.61 Å². The van der Waals surface area contributed by atoms with Crippen LogP contribution in [0.4, 0.5) is 0 Å². The molecule has 96 valence electrons. The number of ether oxygens (including phenoxy) is 1. The summed E-state index contributed by atoms with van der Waals surface area (Å²) in [4.78, 5) is 31.1. The fraction of sp³-hybridized carbons (Fsp3) is 0.417. The van der Waals surface area contributed by atoms with Crippen molar-refractivity contribution in [3.8, 4) is 0 Å². The fourth-order valence-electron chi connectivity index (χ4n) is 1.65. The molecule has 2 rings (SSSR count). The van der Waals surface area contributed by atoms with E-state index >= 15 is 0 Å². The number of esters is 1. The predicted octanol–water partition coefficient (Wildman–Crippen LogP) is 2.25. The molecule has 2 heterocycles. The molecule has 0 bridgehead atoms. The number of aryl methyl sites for hydroxylation is 1. The largest absolute Gasteiger partial charge is 0.462 e. The van der Waals surface area contributed by atoms with Crippen molar-refractivity contribution in [1.29, 1.82) is 0 Å². The Bertz CT molecular complexity index is 630. The van der Waals surface area contributed by atoms with Crippen LogP contribution in [0.2, 0.25) is 0 Å². The van der Waals surface area contributed by atoms with Crippen molar-refractivity contribution in [2.45, 2.75) is 26.7 Å². The Kier molecular flexibility index (Phi) is 3.76. The van der Waals surface area contributed by atoms with Crippen LogP contribution >= 0.6 is 11.3 Å². The Morgan fingerprint density at radius 1 is 1.56 bits per heavy atom. The molecule has 0 spiro atoms. The maximum absolute atomic E-state index is 11.9. The number of aromatic nitrogens is 2. The van der Waals surface area contributed by atoms with Gasteiger partial charge in [0.2, 0.25) is 0 Å². The van der Waals surface area contributed by atoms with Gasteiger partial charge < -0.3 is 9.72 Å². The molecular formula is C12H14N2O3S. The van der Waals surface area contributed by atoms with Gasteiger partial charge in [0.05, 0.1) is 18.3 Å². The number of thiophene rings is 1. The van der Waals surface area contributed by atoms with Crippen molar-refractivity contribution >= 4 is 27.5 Å². The third-order valence-electron chi connectivity index (χ3n) is 2.65. The van der Waals surface area contributed by atoms with E-state index in [1.165, 1.54) is 17.7 Å². The van der Waals surface area contributed by atoms with Gasteiger partial charge >= 0.3 is 5.97 Å². The summed E-state index contributed by atoms with van der Waals surface area (Å²) in [5.74, 6) is -0.372. The summed E-state index contributed by atoms with van der Waals surface area (Å²) in [6.07, 6.45) is 3.15. The predicted molar refractivity (Wildman–Crippen MR) is 70.2 cm³/mol. The Morgan fingerprint density at radius 2 is 2.33 bits per heavy atom. The normalized spacial score (nSPS) is 10.8. The first kappa shape index (κ1) is 12.8. The van der Waals surface area contributed by atoms with Gasteiger partial charge in [0.25, 0.3) is 5.56 Å². The SMILES string of the molecule is CCCCOC(=O)c1sc2nc[nH]c(=O)c2c1C. The lowest BCUT2D eigenvalue weighted by molar-refractivity contribution is 0.0505. The highest BCUT2D eigenvalue weighted by molar-refractivity contribution is 7.20. The van der Waals surface area contributed by atoms with Gasteiger partial charge in [0.15, 0.2) is 0 Å². The van der Waals surface area contributed by atoms with Gasteiger partial charge in [-0.15, -0.1) is 11.3 Å². The van der Waals surface area contributed by atoms with Crippen LogP contribution in [0.5, 0.6) is 0 Å². The first-order valence-electron chi connectivity index (χ1n) is 5.79. The van der Waals surface area contributed by atoms with Gasteiger partial charge in [-0.05, 0) is 18.9 Å². The summed E-state index contributed by atoms with van der Waals surface area (Å²) in [5, 5.41) is 0.477. The topological polar surface area (TPSA) is 72.0 Å². The van der Waals surface area contributed by atoms with Crippen molar-refractivity contribution in [2.24, 2.45) is 0 Å². The second-order valence-corrected chi connectivity index (χ2v) is 4.96. The maximum atomic E-state index is 11.9. The Morgan fingerprint density at radius 3 is 3.00 bits per heavy atom. The van der Waals surface area contributed by atoms with Crippen LogP contribution in [0.1, 0.15) is 35.0 Å². The number of aromatic amines is 1. The minimum Gasteiger partial charge on any atom is -0.462 e. The van der Waals surface area contributed by atoms with Crippen LogP contribution in [-0.2, 0) is 4.74 Å². The lowest BCUT2D eigenvalue weighted by atomic mass is 10.2. The minimum atomic E-state index is -0.372. The monoisotopic (exact) mass is 266 g/mol. The molecule has 18 heavy (non-hydrogen) atoms. The third-order valence-corrected chi connectivity index (χ3v) is 3.83. The molecule has 6 heteroatoms. The smallest absolute Gasteiger partial charge is 0.348 e. The number of carbonyl (C=O) groups is 1. The van der Waals surface area contributed by atoms with Gasteiger partial charge in [-0.3, -0.25) is 4.79 Å². The summed E-state index contributed by atoms with van der Waals surface area (Å²) in [7, 11) is 0. The summed E-state index contributed by atoms with van der Waals surface area (Å²) in [6, 6.07) is 0. The van der Waals surface area contributed by atoms with Gasteiger partial charge in [0, 0.05) is 0 Å². The van der Waals surface area contributed by atoms with Gasteiger partial charge in [0.1, 0.15) is 9.71 Å². The molecule has 0 aromatic carbocycles. The number of hydrogen-bond donors (Lipinski definition) is 1. The zero-order valence-corrected chi connectivity index (χ0v) is 11.1. The lowest BCUT2D eigenvalue weighted by Crippen LogP contribution is -2.08. The number of carbonyl (C=O) groups excluding carboxylic acids is 1. The molecule has 0 amide bonds. The summed E-state index contributed by atoms with van der Waals surface area (Å²) in [5.41, 5.74) is 0.423. The van der Waals surface area contributed by atoms with Crippen LogP contribution in [0.3, 0.4) is 0 Å². The maximum Gasteiger partial charge on any atom is 0.348 e. The summed E-state index contributed by atoms with van der Waals surface area (Å²) >= 11 is 1.20. The minimum absolute atomic E-state index is 0.221. The molecular weight excluding hydrogens is 252 g/mol. The quantitative estimate of drug-likeness (QED) is 0.680. The second kappa shape index (κ2) is 5.30. The summed E-state index contributed by atoms with van der Waals surface area (Å²) < 4.78 is 5.15. The van der Waals surface area contributed by atoms with E-state index in [2.05, 4.69) is 9.97 Å². The molecule has 0 saturated heterocycles. The van der Waals surface area contributed by atoms with Gasteiger partial charge in [-0.25, -0.2) is 9.78 Å². The van der Waals surface area contributed by atoms with Crippen molar-refractivity contribution in [1.82, 2.24) is 9.97 Å². The van der Waals surface area contributed by atoms with Gasteiger partial charge in [-0.2, -0.15) is 0 Å². The van der Waals surface area contributed by atoms with E-state index in [-0.39, 0.29) is 11.5 Å². The molecule has 0 aliphatic carbocycles. The Labute approximate surface area is 108 Å². The zero-order chi connectivity index (χ0) is 13.1. The third kappa shape index (κ3) is 2.28. The van der Waals surface area contributed by atoms with Crippen molar-refractivity contribution < 1.29 is 9.53 Å². The standard InChI is InChI=1S/C12H14N2O3S/c1-3-4-5-17-12(16)9-7(2)8-10(15)13-6-14-11(8)18-9/h6H,3-5H2,1-2H3,(H,13,14,15). The number of nitrogens with one attached hydrogen (secondary N) is 1. The van der Waals surface area contributed by atoms with Gasteiger partial charge in [-0.1, -0.05) is 13.3 Å². The number of rotatable bonds is 4.